The van der Waals surface area contributed by atoms with E-state index in [0.717, 1.165) is 28.8 Å². The third-order valence-electron chi connectivity index (χ3n) is 5.49. The van der Waals surface area contributed by atoms with Gasteiger partial charge in [-0.3, -0.25) is 9.69 Å². The first-order valence-electron chi connectivity index (χ1n) is 11.2. The molecule has 0 aliphatic carbocycles. The van der Waals surface area contributed by atoms with Crippen molar-refractivity contribution >= 4 is 5.91 Å². The van der Waals surface area contributed by atoms with Gasteiger partial charge < -0.3 is 20.3 Å². The fourth-order valence-corrected chi connectivity index (χ4v) is 3.51. The molecule has 0 aromatic heterocycles. The summed E-state index contributed by atoms with van der Waals surface area (Å²) >= 11 is 0. The highest BCUT2D eigenvalue weighted by atomic mass is 16.5. The van der Waals surface area contributed by atoms with Gasteiger partial charge in [0.05, 0.1) is 6.61 Å². The van der Waals surface area contributed by atoms with Crippen LogP contribution in [-0.2, 0) is 17.9 Å². The van der Waals surface area contributed by atoms with Gasteiger partial charge in [0.25, 0.3) is 5.91 Å². The van der Waals surface area contributed by atoms with Crippen LogP contribution in [0.5, 0.6) is 11.5 Å². The van der Waals surface area contributed by atoms with Crippen molar-refractivity contribution in [1.82, 2.24) is 10.2 Å². The number of nitrogens with one attached hydrogen (secondary N) is 1. The molecule has 0 fully saturated rings. The maximum absolute atomic E-state index is 12.3. The van der Waals surface area contributed by atoms with Crippen LogP contribution in [0.2, 0.25) is 0 Å². The summed E-state index contributed by atoms with van der Waals surface area (Å²) in [5.41, 5.74) is 5.26. The van der Waals surface area contributed by atoms with Crippen LogP contribution in [0.25, 0.3) is 11.1 Å². The summed E-state index contributed by atoms with van der Waals surface area (Å²) in [4.78, 5) is 14.5. The topological polar surface area (TPSA) is 82.0 Å². The number of aryl methyl sites for hydroxylation is 1. The zero-order valence-corrected chi connectivity index (χ0v) is 19.3. The lowest BCUT2D eigenvalue weighted by molar-refractivity contribution is -0.123. The Morgan fingerprint density at radius 3 is 2.36 bits per heavy atom. The lowest BCUT2D eigenvalue weighted by atomic mass is 10.0. The van der Waals surface area contributed by atoms with Crippen LogP contribution in [-0.4, -0.2) is 47.3 Å². The second-order valence-corrected chi connectivity index (χ2v) is 8.01. The van der Waals surface area contributed by atoms with Crippen molar-refractivity contribution < 1.29 is 19.7 Å². The highest BCUT2D eigenvalue weighted by Crippen LogP contribution is 2.28. The molecule has 3 aromatic rings. The predicted octanol–water partition coefficient (Wildman–Crippen LogP) is 3.88. The number of hydrogen-bond donors (Lipinski definition) is 3. The minimum atomic E-state index is -0.223. The van der Waals surface area contributed by atoms with E-state index in [9.17, 15) is 15.0 Å². The molecule has 6 heteroatoms. The number of likely N-dealkylation sites (N-methyl/N-ethyl adjacent to an activating group) is 1. The van der Waals surface area contributed by atoms with Gasteiger partial charge in [-0.25, -0.2) is 0 Å². The van der Waals surface area contributed by atoms with E-state index in [-0.39, 0.29) is 24.9 Å². The molecule has 0 saturated carbocycles. The predicted molar refractivity (Wildman–Crippen MR) is 130 cm³/mol. The van der Waals surface area contributed by atoms with Gasteiger partial charge in [0, 0.05) is 25.2 Å². The highest BCUT2D eigenvalue weighted by Gasteiger charge is 2.12. The Hall–Kier alpha value is -3.35. The van der Waals surface area contributed by atoms with Crippen molar-refractivity contribution in [2.24, 2.45) is 0 Å². The third-order valence-corrected chi connectivity index (χ3v) is 5.49. The van der Waals surface area contributed by atoms with Crippen molar-refractivity contribution in [1.29, 1.82) is 0 Å². The Kier molecular flexibility index (Phi) is 8.87. The van der Waals surface area contributed by atoms with Crippen LogP contribution >= 0.6 is 0 Å². The molecule has 0 atom stereocenters. The second-order valence-electron chi connectivity index (χ2n) is 8.01. The van der Waals surface area contributed by atoms with Crippen molar-refractivity contribution in [3.63, 3.8) is 0 Å². The normalized spacial score (nSPS) is 10.9. The Balaban J connectivity index is 1.71. The smallest absolute Gasteiger partial charge is 0.258 e. The molecular weight excluding hydrogens is 416 g/mol. The molecule has 174 valence electrons. The molecule has 6 nitrogen and oxygen atoms in total. The Morgan fingerprint density at radius 1 is 1.00 bits per heavy atom. The average Bonchev–Trinajstić information content (AvgIpc) is 2.83. The van der Waals surface area contributed by atoms with Crippen LogP contribution in [0.4, 0.5) is 0 Å². The number of aliphatic hydroxyl groups is 1. The maximum Gasteiger partial charge on any atom is 0.258 e. The van der Waals surface area contributed by atoms with E-state index in [4.69, 9.17) is 4.74 Å². The van der Waals surface area contributed by atoms with Crippen molar-refractivity contribution in [3.05, 3.63) is 83.4 Å². The molecule has 0 unspecified atom stereocenters. The van der Waals surface area contributed by atoms with E-state index in [2.05, 4.69) is 54.4 Å². The number of hydrogen-bond acceptors (Lipinski definition) is 5. The summed E-state index contributed by atoms with van der Waals surface area (Å²) < 4.78 is 5.90. The van der Waals surface area contributed by atoms with Gasteiger partial charge in [0.2, 0.25) is 0 Å². The zero-order chi connectivity index (χ0) is 23.6. The van der Waals surface area contributed by atoms with E-state index in [1.54, 1.807) is 24.3 Å². The van der Waals surface area contributed by atoms with E-state index in [1.165, 1.54) is 5.56 Å². The van der Waals surface area contributed by atoms with E-state index < -0.39 is 0 Å². The number of carbonyl (C=O) groups excluding carboxylic acids is 1. The Morgan fingerprint density at radius 2 is 1.70 bits per heavy atom. The first-order chi connectivity index (χ1) is 16.0. The van der Waals surface area contributed by atoms with Crippen LogP contribution in [0.1, 0.15) is 23.6 Å². The fourth-order valence-electron chi connectivity index (χ4n) is 3.51. The van der Waals surface area contributed by atoms with E-state index >= 15 is 0 Å². The molecule has 0 heterocycles. The molecule has 0 aliphatic rings. The highest BCUT2D eigenvalue weighted by molar-refractivity contribution is 5.77. The number of aliphatic hydroxyl groups excluding tert-OH is 1. The summed E-state index contributed by atoms with van der Waals surface area (Å²) in [6.07, 6.45) is 0. The van der Waals surface area contributed by atoms with Crippen LogP contribution in [0.3, 0.4) is 0 Å². The monoisotopic (exact) mass is 448 g/mol. The average molecular weight is 449 g/mol. The maximum atomic E-state index is 12.3. The summed E-state index contributed by atoms with van der Waals surface area (Å²) in [5.74, 6) is 0.624. The lowest BCUT2D eigenvalue weighted by Crippen LogP contribution is -2.29. The molecule has 3 aromatic carbocycles. The number of phenols is 1. The molecule has 33 heavy (non-hydrogen) atoms. The molecule has 3 rings (SSSR count). The van der Waals surface area contributed by atoms with Gasteiger partial charge in [0.15, 0.2) is 6.61 Å². The number of aromatic hydroxyl groups is 1. The van der Waals surface area contributed by atoms with Crippen molar-refractivity contribution in [3.8, 4) is 22.6 Å². The fraction of sp³-hybridized carbons (Fsp3) is 0.296. The quantitative estimate of drug-likeness (QED) is 0.415. The first kappa shape index (κ1) is 24.3. The number of nitrogens with zero attached hydrogens (tertiary/aromatic N) is 1. The molecule has 0 radical (unpaired) electrons. The van der Waals surface area contributed by atoms with Crippen LogP contribution < -0.4 is 10.1 Å². The van der Waals surface area contributed by atoms with Gasteiger partial charge in [0.1, 0.15) is 11.5 Å². The second kappa shape index (κ2) is 12.0. The van der Waals surface area contributed by atoms with Gasteiger partial charge in [-0.1, -0.05) is 55.0 Å². The number of ether oxygens (including phenoxy) is 1. The van der Waals surface area contributed by atoms with Crippen LogP contribution in [0.15, 0.2) is 66.7 Å². The van der Waals surface area contributed by atoms with Gasteiger partial charge in [-0.05, 0) is 54.4 Å². The molecule has 0 aliphatic heterocycles. The molecule has 1 amide bonds. The van der Waals surface area contributed by atoms with Gasteiger partial charge in [-0.2, -0.15) is 0 Å². The van der Waals surface area contributed by atoms with Crippen LogP contribution in [0, 0.1) is 6.92 Å². The van der Waals surface area contributed by atoms with E-state index in [1.807, 2.05) is 12.1 Å². The number of amides is 1. The largest absolute Gasteiger partial charge is 0.508 e. The molecule has 0 saturated heterocycles. The van der Waals surface area contributed by atoms with E-state index in [0.29, 0.717) is 25.4 Å². The minimum Gasteiger partial charge on any atom is -0.508 e. The number of carbonyl (C=O) groups is 1. The summed E-state index contributed by atoms with van der Waals surface area (Å²) in [5, 5.41) is 21.6. The summed E-state index contributed by atoms with van der Waals surface area (Å²) in [6.45, 7) is 6.44. The lowest BCUT2D eigenvalue weighted by Gasteiger charge is -2.22. The Labute approximate surface area is 195 Å². The summed E-state index contributed by atoms with van der Waals surface area (Å²) in [6, 6.07) is 21.1. The number of rotatable bonds is 11. The standard InChI is InChI=1S/C27H32N2O4/c1-3-29(14-15-30)18-24-16-23(22-8-4-20(2)5-9-22)10-13-26(24)33-19-27(32)28-17-21-6-11-25(31)12-7-21/h4-13,16,30-31H,3,14-15,17-19H2,1-2H3,(H,28,32). The van der Waals surface area contributed by atoms with Crippen molar-refractivity contribution in [2.75, 3.05) is 26.3 Å². The zero-order valence-electron chi connectivity index (χ0n) is 19.3. The third kappa shape index (κ3) is 7.34. The molecule has 3 N–H and O–H groups in total. The molecule has 0 bridgehead atoms. The minimum absolute atomic E-state index is 0.0847. The first-order valence-corrected chi connectivity index (χ1v) is 11.2. The summed E-state index contributed by atoms with van der Waals surface area (Å²) in [7, 11) is 0. The molecular formula is C27H32N2O4. The molecule has 0 spiro atoms. The van der Waals surface area contributed by atoms with Gasteiger partial charge >= 0.3 is 0 Å². The Bertz CT molecular complexity index is 1030. The SMILES string of the molecule is CCN(CCO)Cc1cc(-c2ccc(C)cc2)ccc1OCC(=O)NCc1ccc(O)cc1. The number of benzene rings is 3. The number of phenolic OH excluding ortho intramolecular Hbond substituents is 1. The van der Waals surface area contributed by atoms with Gasteiger partial charge in [-0.15, -0.1) is 0 Å². The van der Waals surface area contributed by atoms with Crippen molar-refractivity contribution in [2.45, 2.75) is 26.9 Å².